The third-order valence-corrected chi connectivity index (χ3v) is 2.94. The Morgan fingerprint density at radius 1 is 1.05 bits per heavy atom. The maximum Gasteiger partial charge on any atom is 0.326 e. The Labute approximate surface area is 116 Å². The standard InChI is InChI=1S/C14H28N2O3/c1-9(2)7-8-10(3)15-13(19)16-11(12(17)18)14(4,5)6/h9-11H,7-8H2,1-6H3,(H,17,18)(H2,15,16,19)/t10?,11-/m0/s1. The minimum absolute atomic E-state index is 0.0387. The van der Waals surface area contributed by atoms with Crippen LogP contribution in [0.2, 0.25) is 0 Å². The zero-order valence-corrected chi connectivity index (χ0v) is 12.9. The van der Waals surface area contributed by atoms with Gasteiger partial charge >= 0.3 is 12.0 Å². The van der Waals surface area contributed by atoms with Crippen LogP contribution in [0, 0.1) is 11.3 Å². The van der Waals surface area contributed by atoms with Gasteiger partial charge in [-0.3, -0.25) is 0 Å². The molecule has 0 saturated carbocycles. The smallest absolute Gasteiger partial charge is 0.326 e. The molecule has 1 unspecified atom stereocenters. The van der Waals surface area contributed by atoms with Gasteiger partial charge in [-0.15, -0.1) is 0 Å². The van der Waals surface area contributed by atoms with Gasteiger partial charge in [0.2, 0.25) is 0 Å². The molecular weight excluding hydrogens is 244 g/mol. The van der Waals surface area contributed by atoms with E-state index in [9.17, 15) is 9.59 Å². The van der Waals surface area contributed by atoms with Crippen molar-refractivity contribution in [2.45, 2.75) is 66.5 Å². The molecule has 0 aliphatic carbocycles. The lowest BCUT2D eigenvalue weighted by Gasteiger charge is -2.28. The quantitative estimate of drug-likeness (QED) is 0.695. The van der Waals surface area contributed by atoms with Crippen molar-refractivity contribution >= 4 is 12.0 Å². The molecule has 0 rings (SSSR count). The number of carboxylic acids is 1. The third kappa shape index (κ3) is 7.70. The number of rotatable bonds is 6. The van der Waals surface area contributed by atoms with Crippen LogP contribution < -0.4 is 10.6 Å². The second-order valence-electron chi connectivity index (χ2n) is 6.63. The van der Waals surface area contributed by atoms with E-state index < -0.39 is 23.5 Å². The highest BCUT2D eigenvalue weighted by molar-refractivity contribution is 5.83. The molecule has 0 radical (unpaired) electrons. The van der Waals surface area contributed by atoms with Gasteiger partial charge in [0.25, 0.3) is 0 Å². The first-order chi connectivity index (χ1) is 8.54. The van der Waals surface area contributed by atoms with Crippen molar-refractivity contribution in [3.63, 3.8) is 0 Å². The largest absolute Gasteiger partial charge is 0.480 e. The van der Waals surface area contributed by atoms with E-state index in [0.717, 1.165) is 12.8 Å². The van der Waals surface area contributed by atoms with E-state index in [2.05, 4.69) is 24.5 Å². The molecule has 5 heteroatoms. The number of hydrogen-bond acceptors (Lipinski definition) is 2. The van der Waals surface area contributed by atoms with E-state index in [1.807, 2.05) is 6.92 Å². The molecule has 2 atom stereocenters. The highest BCUT2D eigenvalue weighted by atomic mass is 16.4. The molecule has 3 N–H and O–H groups in total. The number of carbonyl (C=O) groups is 2. The molecule has 5 nitrogen and oxygen atoms in total. The van der Waals surface area contributed by atoms with Gasteiger partial charge in [-0.25, -0.2) is 9.59 Å². The van der Waals surface area contributed by atoms with E-state index in [1.165, 1.54) is 0 Å². The van der Waals surface area contributed by atoms with Gasteiger partial charge in [0.1, 0.15) is 6.04 Å². The first-order valence-corrected chi connectivity index (χ1v) is 6.84. The Morgan fingerprint density at radius 3 is 1.95 bits per heavy atom. The van der Waals surface area contributed by atoms with Crippen molar-refractivity contribution in [3.05, 3.63) is 0 Å². The van der Waals surface area contributed by atoms with Crippen LogP contribution in [0.3, 0.4) is 0 Å². The van der Waals surface area contributed by atoms with Gasteiger partial charge in [-0.05, 0) is 31.1 Å². The molecule has 0 aromatic rings. The van der Waals surface area contributed by atoms with Gasteiger partial charge in [0, 0.05) is 6.04 Å². The summed E-state index contributed by atoms with van der Waals surface area (Å²) < 4.78 is 0. The number of aliphatic carboxylic acids is 1. The number of urea groups is 1. The molecule has 2 amide bonds. The summed E-state index contributed by atoms with van der Waals surface area (Å²) in [6, 6.07) is -1.28. The van der Waals surface area contributed by atoms with Crippen molar-refractivity contribution in [2.75, 3.05) is 0 Å². The van der Waals surface area contributed by atoms with E-state index in [-0.39, 0.29) is 6.04 Å². The molecule has 0 aliphatic heterocycles. The number of amides is 2. The maximum absolute atomic E-state index is 11.8. The first-order valence-electron chi connectivity index (χ1n) is 6.84. The lowest BCUT2D eigenvalue weighted by Crippen LogP contribution is -2.53. The van der Waals surface area contributed by atoms with Crippen LogP contribution in [0.15, 0.2) is 0 Å². The number of hydrogen-bond donors (Lipinski definition) is 3. The fourth-order valence-electron chi connectivity index (χ4n) is 1.70. The van der Waals surface area contributed by atoms with E-state index in [4.69, 9.17) is 5.11 Å². The normalized spacial score (nSPS) is 14.9. The molecule has 0 fully saturated rings. The Bertz CT molecular complexity index is 308. The predicted molar refractivity (Wildman–Crippen MR) is 76.1 cm³/mol. The Morgan fingerprint density at radius 2 is 1.58 bits per heavy atom. The minimum atomic E-state index is -1.02. The zero-order chi connectivity index (χ0) is 15.2. The van der Waals surface area contributed by atoms with Gasteiger partial charge in [-0.2, -0.15) is 0 Å². The predicted octanol–water partition coefficient (Wildman–Crippen LogP) is 2.61. The fourth-order valence-corrected chi connectivity index (χ4v) is 1.70. The lowest BCUT2D eigenvalue weighted by molar-refractivity contribution is -0.141. The first kappa shape index (κ1) is 17.7. The number of carboxylic acid groups (broad SMARTS) is 1. The lowest BCUT2D eigenvalue weighted by atomic mass is 9.87. The molecule has 19 heavy (non-hydrogen) atoms. The van der Waals surface area contributed by atoms with Gasteiger partial charge < -0.3 is 15.7 Å². The summed E-state index contributed by atoms with van der Waals surface area (Å²) in [7, 11) is 0. The van der Waals surface area contributed by atoms with Crippen LogP contribution in [0.25, 0.3) is 0 Å². The summed E-state index contributed by atoms with van der Waals surface area (Å²) in [5, 5.41) is 14.4. The van der Waals surface area contributed by atoms with Crippen LogP contribution in [-0.2, 0) is 4.79 Å². The molecule has 0 saturated heterocycles. The average Bonchev–Trinajstić information content (AvgIpc) is 2.21. The van der Waals surface area contributed by atoms with Gasteiger partial charge in [0.05, 0.1) is 0 Å². The summed E-state index contributed by atoms with van der Waals surface area (Å²) >= 11 is 0. The molecular formula is C14H28N2O3. The summed E-state index contributed by atoms with van der Waals surface area (Å²) in [6.07, 6.45) is 1.92. The second-order valence-corrected chi connectivity index (χ2v) is 6.63. The van der Waals surface area contributed by atoms with Crippen LogP contribution >= 0.6 is 0 Å². The molecule has 0 aliphatic rings. The summed E-state index contributed by atoms with van der Waals surface area (Å²) in [5.74, 6) is -0.425. The van der Waals surface area contributed by atoms with Crippen molar-refractivity contribution in [3.8, 4) is 0 Å². The highest BCUT2D eigenvalue weighted by Gasteiger charge is 2.32. The summed E-state index contributed by atoms with van der Waals surface area (Å²) in [5.41, 5.74) is -0.523. The summed E-state index contributed by atoms with van der Waals surface area (Å²) in [4.78, 5) is 22.9. The average molecular weight is 272 g/mol. The number of nitrogens with one attached hydrogen (secondary N) is 2. The topological polar surface area (TPSA) is 78.4 Å². The van der Waals surface area contributed by atoms with Crippen LogP contribution in [0.1, 0.15) is 54.4 Å². The van der Waals surface area contributed by atoms with Crippen molar-refractivity contribution in [2.24, 2.45) is 11.3 Å². The zero-order valence-electron chi connectivity index (χ0n) is 12.9. The summed E-state index contributed by atoms with van der Waals surface area (Å²) in [6.45, 7) is 11.5. The molecule has 0 aromatic heterocycles. The second kappa shape index (κ2) is 7.36. The van der Waals surface area contributed by atoms with Crippen LogP contribution in [-0.4, -0.2) is 29.2 Å². The SMILES string of the molecule is CC(C)CCC(C)NC(=O)N[C@@H](C(=O)O)C(C)(C)C. The Balaban J connectivity index is 4.32. The van der Waals surface area contributed by atoms with Crippen LogP contribution in [0.5, 0.6) is 0 Å². The molecule has 0 heterocycles. The highest BCUT2D eigenvalue weighted by Crippen LogP contribution is 2.19. The third-order valence-electron chi connectivity index (χ3n) is 2.94. The van der Waals surface area contributed by atoms with Gasteiger partial charge in [-0.1, -0.05) is 34.6 Å². The molecule has 0 aromatic carbocycles. The van der Waals surface area contributed by atoms with Crippen molar-refractivity contribution in [1.29, 1.82) is 0 Å². The Kier molecular flexibility index (Phi) is 6.87. The Hall–Kier alpha value is -1.26. The van der Waals surface area contributed by atoms with Crippen LogP contribution in [0.4, 0.5) is 4.79 Å². The van der Waals surface area contributed by atoms with E-state index >= 15 is 0 Å². The van der Waals surface area contributed by atoms with Crippen molar-refractivity contribution in [1.82, 2.24) is 10.6 Å². The van der Waals surface area contributed by atoms with E-state index in [1.54, 1.807) is 20.8 Å². The molecule has 0 spiro atoms. The van der Waals surface area contributed by atoms with Crippen molar-refractivity contribution < 1.29 is 14.7 Å². The minimum Gasteiger partial charge on any atom is -0.480 e. The molecule has 112 valence electrons. The number of carbonyl (C=O) groups excluding carboxylic acids is 1. The molecule has 0 bridgehead atoms. The monoisotopic (exact) mass is 272 g/mol. The van der Waals surface area contributed by atoms with E-state index in [0.29, 0.717) is 5.92 Å². The fraction of sp³-hybridized carbons (Fsp3) is 0.857. The maximum atomic E-state index is 11.8. The van der Waals surface area contributed by atoms with Gasteiger partial charge in [0.15, 0.2) is 0 Å².